The second-order valence-electron chi connectivity index (χ2n) is 5.36. The third kappa shape index (κ3) is 2.77. The van der Waals surface area contributed by atoms with Crippen molar-refractivity contribution in [1.29, 1.82) is 0 Å². The average Bonchev–Trinajstić information content (AvgIpc) is 3.19. The fraction of sp³-hybridized carbons (Fsp3) is 0.0556. The molecule has 2 nitrogen and oxygen atoms in total. The zero-order valence-corrected chi connectivity index (χ0v) is 16.1. The summed E-state index contributed by atoms with van der Waals surface area (Å²) in [4.78, 5) is 7.22. The van der Waals surface area contributed by atoms with Gasteiger partial charge in [0.05, 0.1) is 15.3 Å². The molecule has 4 aromatic rings. The molecule has 0 unspecified atom stereocenters. The van der Waals surface area contributed by atoms with Crippen LogP contribution in [0.1, 0.15) is 5.56 Å². The maximum Gasteiger partial charge on any atom is 0.134 e. The van der Waals surface area contributed by atoms with E-state index in [1.165, 1.54) is 29.2 Å². The van der Waals surface area contributed by atoms with Crippen molar-refractivity contribution in [2.45, 2.75) is 6.92 Å². The van der Waals surface area contributed by atoms with Gasteiger partial charge in [0.25, 0.3) is 0 Å². The third-order valence-corrected chi connectivity index (χ3v) is 7.34. The molecule has 0 atom stereocenters. The Bertz CT molecular complexity index is 961. The lowest BCUT2D eigenvalue weighted by atomic mass is 10.1. The number of aryl methyl sites for hydroxylation is 1. The molecule has 0 saturated heterocycles. The first-order chi connectivity index (χ1) is 11.1. The number of hydrogen-bond acceptors (Lipinski definition) is 4. The number of rotatable bonds is 2. The van der Waals surface area contributed by atoms with E-state index in [2.05, 4.69) is 65.9 Å². The summed E-state index contributed by atoms with van der Waals surface area (Å²) in [6, 6.07) is 16.9. The molecule has 0 bridgehead atoms. The largest absolute Gasteiger partial charge is 0.397 e. The van der Waals surface area contributed by atoms with Crippen LogP contribution in [0.2, 0.25) is 0 Å². The minimum Gasteiger partial charge on any atom is -0.397 e. The minimum absolute atomic E-state index is 0.748. The molecule has 0 amide bonds. The van der Waals surface area contributed by atoms with Crippen molar-refractivity contribution in [2.75, 3.05) is 5.73 Å². The van der Waals surface area contributed by atoms with Crippen LogP contribution in [0.25, 0.3) is 30.5 Å². The van der Waals surface area contributed by atoms with Crippen molar-refractivity contribution in [1.82, 2.24) is 4.98 Å². The fourth-order valence-electron chi connectivity index (χ4n) is 2.43. The van der Waals surface area contributed by atoms with Crippen LogP contribution in [-0.2, 0) is 0 Å². The van der Waals surface area contributed by atoms with Gasteiger partial charge in [-0.15, -0.1) is 22.7 Å². The van der Waals surface area contributed by atoms with Crippen LogP contribution in [0, 0.1) is 10.5 Å². The van der Waals surface area contributed by atoms with Crippen molar-refractivity contribution in [2.24, 2.45) is 0 Å². The highest BCUT2D eigenvalue weighted by Gasteiger charge is 2.13. The Morgan fingerprint density at radius 3 is 2.39 bits per heavy atom. The Kier molecular flexibility index (Phi) is 3.87. The lowest BCUT2D eigenvalue weighted by molar-refractivity contribution is 1.48. The molecule has 0 aliphatic carbocycles. The van der Waals surface area contributed by atoms with Crippen molar-refractivity contribution in [3.05, 3.63) is 57.7 Å². The molecular weight excluding hydrogens is 435 g/mol. The van der Waals surface area contributed by atoms with Gasteiger partial charge in [0.15, 0.2) is 0 Å². The number of aromatic nitrogens is 1. The van der Waals surface area contributed by atoms with Gasteiger partial charge in [-0.3, -0.25) is 0 Å². The molecule has 0 aliphatic heterocycles. The number of anilines is 1. The van der Waals surface area contributed by atoms with Gasteiger partial charge >= 0.3 is 0 Å². The number of hydrogen-bond donors (Lipinski definition) is 1. The molecule has 2 N–H and O–H groups in total. The molecule has 0 saturated carbocycles. The van der Waals surface area contributed by atoms with Crippen LogP contribution in [0.3, 0.4) is 0 Å². The molecule has 23 heavy (non-hydrogen) atoms. The molecule has 2 aromatic heterocycles. The van der Waals surface area contributed by atoms with E-state index in [9.17, 15) is 0 Å². The highest BCUT2D eigenvalue weighted by Crippen LogP contribution is 2.40. The minimum atomic E-state index is 0.748. The van der Waals surface area contributed by atoms with Crippen LogP contribution in [0.5, 0.6) is 0 Å². The fourth-order valence-corrected chi connectivity index (χ4v) is 5.26. The summed E-state index contributed by atoms with van der Waals surface area (Å²) in [6.45, 7) is 2.11. The zero-order valence-electron chi connectivity index (χ0n) is 12.3. The predicted octanol–water partition coefficient (Wildman–Crippen LogP) is 6.19. The maximum absolute atomic E-state index is 6.07. The first kappa shape index (κ1) is 15.1. The van der Waals surface area contributed by atoms with Crippen LogP contribution < -0.4 is 5.73 Å². The number of nitrogens with two attached hydrogens (primary N) is 1. The zero-order chi connectivity index (χ0) is 16.0. The predicted molar refractivity (Wildman–Crippen MR) is 110 cm³/mol. The monoisotopic (exact) mass is 448 g/mol. The third-order valence-electron chi connectivity index (χ3n) is 3.68. The summed E-state index contributed by atoms with van der Waals surface area (Å²) in [6.07, 6.45) is 0. The Balaban J connectivity index is 1.78. The van der Waals surface area contributed by atoms with Gasteiger partial charge in [-0.1, -0.05) is 29.8 Å². The number of thiophene rings is 1. The Morgan fingerprint density at radius 2 is 1.65 bits per heavy atom. The smallest absolute Gasteiger partial charge is 0.134 e. The summed E-state index contributed by atoms with van der Waals surface area (Å²) in [7, 11) is 0. The molecule has 2 aromatic carbocycles. The molecule has 0 aliphatic rings. The molecule has 5 heteroatoms. The second-order valence-corrected chi connectivity index (χ2v) is 8.61. The highest BCUT2D eigenvalue weighted by atomic mass is 127. The van der Waals surface area contributed by atoms with E-state index in [0.29, 0.717) is 0 Å². The van der Waals surface area contributed by atoms with Gasteiger partial charge in [0.2, 0.25) is 0 Å². The maximum atomic E-state index is 6.07. The van der Waals surface area contributed by atoms with Gasteiger partial charge in [-0.05, 0) is 59.3 Å². The van der Waals surface area contributed by atoms with E-state index in [-0.39, 0.29) is 0 Å². The number of halogens is 1. The van der Waals surface area contributed by atoms with Gasteiger partial charge in [-0.2, -0.15) is 0 Å². The number of nitrogen functional groups attached to an aromatic ring is 1. The normalized spacial score (nSPS) is 11.2. The summed E-state index contributed by atoms with van der Waals surface area (Å²) in [5, 5.41) is 1.04. The van der Waals surface area contributed by atoms with E-state index >= 15 is 0 Å². The number of nitrogens with zero attached hydrogens (tertiary/aromatic N) is 1. The number of benzene rings is 2. The van der Waals surface area contributed by atoms with E-state index in [4.69, 9.17) is 10.7 Å². The van der Waals surface area contributed by atoms with E-state index in [1.54, 1.807) is 22.7 Å². The van der Waals surface area contributed by atoms with Crippen LogP contribution in [-0.4, -0.2) is 4.98 Å². The Hall–Kier alpha value is -1.44. The van der Waals surface area contributed by atoms with Crippen LogP contribution in [0.4, 0.5) is 5.69 Å². The lowest BCUT2D eigenvalue weighted by Crippen LogP contribution is -1.86. The highest BCUT2D eigenvalue weighted by molar-refractivity contribution is 14.1. The molecular formula is C18H13IN2S2. The Labute approximate surface area is 156 Å². The molecule has 0 fully saturated rings. The topological polar surface area (TPSA) is 38.9 Å². The first-order valence-corrected chi connectivity index (χ1v) is 9.85. The van der Waals surface area contributed by atoms with Crippen LogP contribution in [0.15, 0.2) is 48.5 Å². The lowest BCUT2D eigenvalue weighted by Gasteiger charge is -1.97. The van der Waals surface area contributed by atoms with E-state index < -0.39 is 0 Å². The van der Waals surface area contributed by atoms with E-state index in [1.807, 2.05) is 12.1 Å². The molecule has 4 rings (SSSR count). The van der Waals surface area contributed by atoms with Crippen molar-refractivity contribution >= 4 is 61.2 Å². The van der Waals surface area contributed by atoms with Gasteiger partial charge < -0.3 is 5.73 Å². The van der Waals surface area contributed by atoms with Crippen LogP contribution >= 0.6 is 45.3 Å². The number of fused-ring (bicyclic) bond motifs is 1. The summed E-state index contributed by atoms with van der Waals surface area (Å²) in [5.74, 6) is 0. The molecule has 0 radical (unpaired) electrons. The van der Waals surface area contributed by atoms with Crippen molar-refractivity contribution in [3.63, 3.8) is 0 Å². The van der Waals surface area contributed by atoms with Gasteiger partial charge in [0.1, 0.15) is 10.5 Å². The number of thiazole rings is 1. The second kappa shape index (κ2) is 5.89. The quantitative estimate of drug-likeness (QED) is 0.294. The molecule has 0 spiro atoms. The molecule has 2 heterocycles. The Morgan fingerprint density at radius 1 is 0.913 bits per heavy atom. The summed E-state index contributed by atoms with van der Waals surface area (Å²) in [5.41, 5.74) is 10.3. The van der Waals surface area contributed by atoms with Gasteiger partial charge in [-0.25, -0.2) is 4.98 Å². The van der Waals surface area contributed by atoms with Gasteiger partial charge in [0, 0.05) is 8.45 Å². The average molecular weight is 448 g/mol. The first-order valence-electron chi connectivity index (χ1n) is 7.13. The standard InChI is InChI=1S/C18H13IN2S2/c1-10-2-4-11(5-3-10)14-8-9-15(22-14)18-21-16-13(20)7-6-12(19)17(16)23-18/h2-9H,20H2,1H3. The van der Waals surface area contributed by atoms with E-state index in [0.717, 1.165) is 16.2 Å². The van der Waals surface area contributed by atoms with Crippen molar-refractivity contribution in [3.8, 4) is 20.3 Å². The molecule has 114 valence electrons. The summed E-state index contributed by atoms with van der Waals surface area (Å²) < 4.78 is 2.37. The van der Waals surface area contributed by atoms with Crippen molar-refractivity contribution < 1.29 is 0 Å². The SMILES string of the molecule is Cc1ccc(-c2ccc(-c3nc4c(N)ccc(I)c4s3)s2)cc1. The summed E-state index contributed by atoms with van der Waals surface area (Å²) >= 11 is 5.83.